The Hall–Kier alpha value is -1.88. The second-order valence-corrected chi connectivity index (χ2v) is 4.49. The molecule has 1 aliphatic rings. The molecule has 1 aromatic rings. The summed E-state index contributed by atoms with van der Waals surface area (Å²) < 4.78 is 0. The van der Waals surface area contributed by atoms with Crippen molar-refractivity contribution in [1.82, 2.24) is 10.2 Å². The fourth-order valence-corrected chi connectivity index (χ4v) is 2.06. The van der Waals surface area contributed by atoms with Crippen LogP contribution in [0.2, 0.25) is 0 Å². The highest BCUT2D eigenvalue weighted by Crippen LogP contribution is 2.09. The van der Waals surface area contributed by atoms with Crippen LogP contribution in [0, 0.1) is 5.92 Å². The van der Waals surface area contributed by atoms with Crippen LogP contribution in [0.15, 0.2) is 30.3 Å². The fraction of sp³-hybridized carbons (Fsp3) is 0.385. The summed E-state index contributed by atoms with van der Waals surface area (Å²) in [5, 5.41) is 11.7. The maximum Gasteiger partial charge on any atom is 0.309 e. The van der Waals surface area contributed by atoms with Gasteiger partial charge in [0.1, 0.15) is 0 Å². The summed E-state index contributed by atoms with van der Waals surface area (Å²) in [6, 6.07) is 9.74. The van der Waals surface area contributed by atoms with Crippen LogP contribution in [0.25, 0.3) is 0 Å². The first kappa shape index (κ1) is 12.6. The Kier molecular flexibility index (Phi) is 3.94. The molecular formula is C13H16N2O3. The number of amides is 1. The summed E-state index contributed by atoms with van der Waals surface area (Å²) in [4.78, 5) is 24.4. The van der Waals surface area contributed by atoms with Crippen LogP contribution in [0.4, 0.5) is 0 Å². The molecule has 1 aromatic carbocycles. The molecule has 18 heavy (non-hydrogen) atoms. The van der Waals surface area contributed by atoms with E-state index < -0.39 is 11.9 Å². The Morgan fingerprint density at radius 2 is 2.11 bits per heavy atom. The van der Waals surface area contributed by atoms with E-state index >= 15 is 0 Å². The number of carbonyl (C=O) groups excluding carboxylic acids is 1. The molecule has 2 rings (SSSR count). The molecule has 1 fully saturated rings. The third kappa shape index (κ3) is 3.30. The van der Waals surface area contributed by atoms with Crippen molar-refractivity contribution in [3.8, 4) is 0 Å². The molecule has 5 nitrogen and oxygen atoms in total. The Bertz CT molecular complexity index is 433. The summed E-state index contributed by atoms with van der Waals surface area (Å²) >= 11 is 0. The number of carbonyl (C=O) groups is 2. The average Bonchev–Trinajstić information content (AvgIpc) is 2.52. The summed E-state index contributed by atoms with van der Waals surface area (Å²) in [5.74, 6) is -1.52. The monoisotopic (exact) mass is 248 g/mol. The molecule has 1 saturated heterocycles. The first-order valence-corrected chi connectivity index (χ1v) is 5.91. The zero-order chi connectivity index (χ0) is 13.0. The van der Waals surface area contributed by atoms with Crippen LogP contribution < -0.4 is 5.32 Å². The lowest BCUT2D eigenvalue weighted by molar-refractivity contribution is -0.142. The smallest absolute Gasteiger partial charge is 0.309 e. The van der Waals surface area contributed by atoms with Gasteiger partial charge in [0.05, 0.1) is 12.5 Å². The Morgan fingerprint density at radius 3 is 2.78 bits per heavy atom. The van der Waals surface area contributed by atoms with Crippen LogP contribution in [0.3, 0.4) is 0 Å². The first-order chi connectivity index (χ1) is 8.65. The van der Waals surface area contributed by atoms with Gasteiger partial charge in [-0.25, -0.2) is 0 Å². The molecule has 0 aromatic heterocycles. The maximum atomic E-state index is 11.5. The standard InChI is InChI=1S/C13H16N2O3/c16-12-9-15(7-10-4-2-1-3-5-10)8-11(6-14-12)13(17)18/h1-5,11H,6-9H2,(H,14,16)(H,17,18). The van der Waals surface area contributed by atoms with Crippen LogP contribution >= 0.6 is 0 Å². The zero-order valence-corrected chi connectivity index (χ0v) is 10.0. The van der Waals surface area contributed by atoms with E-state index in [0.717, 1.165) is 5.56 Å². The molecule has 1 atom stereocenters. The lowest BCUT2D eigenvalue weighted by atomic mass is 10.1. The number of hydrogen-bond donors (Lipinski definition) is 2. The quantitative estimate of drug-likeness (QED) is 0.808. The van der Waals surface area contributed by atoms with E-state index in [4.69, 9.17) is 5.11 Å². The Morgan fingerprint density at radius 1 is 1.39 bits per heavy atom. The van der Waals surface area contributed by atoms with Crippen molar-refractivity contribution >= 4 is 11.9 Å². The van der Waals surface area contributed by atoms with Gasteiger partial charge in [0.15, 0.2) is 0 Å². The van der Waals surface area contributed by atoms with E-state index in [-0.39, 0.29) is 19.0 Å². The second-order valence-electron chi connectivity index (χ2n) is 4.49. The first-order valence-electron chi connectivity index (χ1n) is 5.91. The molecule has 0 radical (unpaired) electrons. The minimum Gasteiger partial charge on any atom is -0.481 e. The highest BCUT2D eigenvalue weighted by Gasteiger charge is 2.26. The van der Waals surface area contributed by atoms with Gasteiger partial charge in [-0.2, -0.15) is 0 Å². The molecule has 96 valence electrons. The van der Waals surface area contributed by atoms with E-state index in [0.29, 0.717) is 13.1 Å². The lowest BCUT2D eigenvalue weighted by Gasteiger charge is -2.20. The predicted molar refractivity (Wildman–Crippen MR) is 65.9 cm³/mol. The molecule has 0 spiro atoms. The number of benzene rings is 1. The van der Waals surface area contributed by atoms with Crippen molar-refractivity contribution in [2.45, 2.75) is 6.54 Å². The molecular weight excluding hydrogens is 232 g/mol. The van der Waals surface area contributed by atoms with Gasteiger partial charge in [-0.3, -0.25) is 14.5 Å². The van der Waals surface area contributed by atoms with Crippen LogP contribution in [-0.4, -0.2) is 41.5 Å². The number of carboxylic acid groups (broad SMARTS) is 1. The van der Waals surface area contributed by atoms with E-state index in [1.165, 1.54) is 0 Å². The largest absolute Gasteiger partial charge is 0.481 e. The Balaban J connectivity index is 2.05. The molecule has 1 amide bonds. The molecule has 1 aliphatic heterocycles. The normalized spacial score (nSPS) is 21.1. The Labute approximate surface area is 105 Å². The second kappa shape index (κ2) is 5.64. The molecule has 5 heteroatoms. The van der Waals surface area contributed by atoms with E-state index in [9.17, 15) is 9.59 Å². The van der Waals surface area contributed by atoms with Crippen molar-refractivity contribution in [2.75, 3.05) is 19.6 Å². The number of carboxylic acids is 1. The summed E-state index contributed by atoms with van der Waals surface area (Å²) in [6.45, 7) is 1.44. The SMILES string of the molecule is O=C1CN(Cc2ccccc2)CC(C(=O)O)CN1. The number of nitrogens with zero attached hydrogens (tertiary/aromatic N) is 1. The van der Waals surface area contributed by atoms with E-state index in [2.05, 4.69) is 5.32 Å². The van der Waals surface area contributed by atoms with Gasteiger partial charge in [-0.05, 0) is 5.56 Å². The van der Waals surface area contributed by atoms with E-state index in [1.807, 2.05) is 35.2 Å². The molecule has 0 aliphatic carbocycles. The van der Waals surface area contributed by atoms with Crippen molar-refractivity contribution in [3.05, 3.63) is 35.9 Å². The number of hydrogen-bond acceptors (Lipinski definition) is 3. The molecule has 1 heterocycles. The van der Waals surface area contributed by atoms with Crippen molar-refractivity contribution in [1.29, 1.82) is 0 Å². The van der Waals surface area contributed by atoms with Gasteiger partial charge in [-0.1, -0.05) is 30.3 Å². The third-order valence-electron chi connectivity index (χ3n) is 2.99. The number of rotatable bonds is 3. The highest BCUT2D eigenvalue weighted by atomic mass is 16.4. The van der Waals surface area contributed by atoms with E-state index in [1.54, 1.807) is 0 Å². The predicted octanol–water partition coefficient (Wildman–Crippen LogP) is 0.319. The molecule has 0 bridgehead atoms. The average molecular weight is 248 g/mol. The van der Waals surface area contributed by atoms with Crippen LogP contribution in [0.1, 0.15) is 5.56 Å². The van der Waals surface area contributed by atoms with Crippen molar-refractivity contribution < 1.29 is 14.7 Å². The zero-order valence-electron chi connectivity index (χ0n) is 10.0. The molecule has 1 unspecified atom stereocenters. The fourth-order valence-electron chi connectivity index (χ4n) is 2.06. The maximum absolute atomic E-state index is 11.5. The third-order valence-corrected chi connectivity index (χ3v) is 2.99. The van der Waals surface area contributed by atoms with Gasteiger partial charge in [-0.15, -0.1) is 0 Å². The highest BCUT2D eigenvalue weighted by molar-refractivity contribution is 5.80. The molecule has 0 saturated carbocycles. The minimum atomic E-state index is -0.865. The number of aliphatic carboxylic acids is 1. The van der Waals surface area contributed by atoms with Gasteiger partial charge in [0.25, 0.3) is 0 Å². The van der Waals surface area contributed by atoms with Gasteiger partial charge in [0, 0.05) is 19.6 Å². The van der Waals surface area contributed by atoms with Crippen LogP contribution in [-0.2, 0) is 16.1 Å². The van der Waals surface area contributed by atoms with Gasteiger partial charge in [0.2, 0.25) is 5.91 Å². The van der Waals surface area contributed by atoms with Crippen molar-refractivity contribution in [3.63, 3.8) is 0 Å². The topological polar surface area (TPSA) is 69.6 Å². The molecule has 2 N–H and O–H groups in total. The van der Waals surface area contributed by atoms with Crippen molar-refractivity contribution in [2.24, 2.45) is 5.92 Å². The van der Waals surface area contributed by atoms with Gasteiger partial charge < -0.3 is 10.4 Å². The summed E-state index contributed by atoms with van der Waals surface area (Å²) in [5.41, 5.74) is 1.08. The van der Waals surface area contributed by atoms with Crippen LogP contribution in [0.5, 0.6) is 0 Å². The summed E-state index contributed by atoms with van der Waals surface area (Å²) in [6.07, 6.45) is 0. The number of nitrogens with one attached hydrogen (secondary N) is 1. The minimum absolute atomic E-state index is 0.116. The lowest BCUT2D eigenvalue weighted by Crippen LogP contribution is -2.33. The van der Waals surface area contributed by atoms with Gasteiger partial charge >= 0.3 is 5.97 Å². The summed E-state index contributed by atoms with van der Waals surface area (Å²) in [7, 11) is 0.